The molecule has 1 aromatic heterocycles. The Labute approximate surface area is 106 Å². The summed E-state index contributed by atoms with van der Waals surface area (Å²) in [6.07, 6.45) is 1.76. The van der Waals surface area contributed by atoms with Gasteiger partial charge in [-0.25, -0.2) is 9.97 Å². The molecule has 0 aliphatic heterocycles. The molecule has 2 rings (SSSR count). The quantitative estimate of drug-likeness (QED) is 0.904. The number of rotatable bonds is 3. The lowest BCUT2D eigenvalue weighted by atomic mass is 10.2. The van der Waals surface area contributed by atoms with Crippen molar-refractivity contribution in [3.05, 3.63) is 52.6 Å². The SMILES string of the molecule is Cc1nccc(CNc2c(C)cccc2Cl)n1. The van der Waals surface area contributed by atoms with Crippen molar-refractivity contribution in [2.45, 2.75) is 20.4 Å². The molecular weight excluding hydrogens is 234 g/mol. The minimum Gasteiger partial charge on any atom is -0.378 e. The van der Waals surface area contributed by atoms with Crippen LogP contribution in [-0.4, -0.2) is 9.97 Å². The van der Waals surface area contributed by atoms with Crippen LogP contribution in [0.25, 0.3) is 0 Å². The lowest BCUT2D eigenvalue weighted by molar-refractivity contribution is 0.954. The first-order chi connectivity index (χ1) is 8.16. The molecule has 2 aromatic rings. The largest absolute Gasteiger partial charge is 0.378 e. The molecule has 1 heterocycles. The van der Waals surface area contributed by atoms with Gasteiger partial charge in [0.25, 0.3) is 0 Å². The van der Waals surface area contributed by atoms with Gasteiger partial charge < -0.3 is 5.32 Å². The van der Waals surface area contributed by atoms with Gasteiger partial charge in [0.1, 0.15) is 5.82 Å². The Balaban J connectivity index is 2.13. The fraction of sp³-hybridized carbons (Fsp3) is 0.231. The van der Waals surface area contributed by atoms with Gasteiger partial charge in [0.2, 0.25) is 0 Å². The zero-order valence-electron chi connectivity index (χ0n) is 9.87. The van der Waals surface area contributed by atoms with Gasteiger partial charge in [-0.15, -0.1) is 0 Å². The Morgan fingerprint density at radius 3 is 2.76 bits per heavy atom. The predicted octanol–water partition coefficient (Wildman–Crippen LogP) is 3.36. The van der Waals surface area contributed by atoms with Gasteiger partial charge in [-0.2, -0.15) is 0 Å². The second kappa shape index (κ2) is 5.15. The average Bonchev–Trinajstić information content (AvgIpc) is 2.28. The molecule has 0 bridgehead atoms. The molecule has 1 N–H and O–H groups in total. The summed E-state index contributed by atoms with van der Waals surface area (Å²) in [7, 11) is 0. The fourth-order valence-electron chi connectivity index (χ4n) is 1.64. The lowest BCUT2D eigenvalue weighted by Crippen LogP contribution is -2.04. The predicted molar refractivity (Wildman–Crippen MR) is 70.3 cm³/mol. The third kappa shape index (κ3) is 2.94. The van der Waals surface area contributed by atoms with Crippen molar-refractivity contribution >= 4 is 17.3 Å². The van der Waals surface area contributed by atoms with Crippen LogP contribution in [0.4, 0.5) is 5.69 Å². The van der Waals surface area contributed by atoms with Gasteiger partial charge in [-0.1, -0.05) is 23.7 Å². The van der Waals surface area contributed by atoms with Crippen LogP contribution in [-0.2, 0) is 6.54 Å². The van der Waals surface area contributed by atoms with Crippen molar-refractivity contribution in [3.63, 3.8) is 0 Å². The van der Waals surface area contributed by atoms with Crippen molar-refractivity contribution in [1.82, 2.24) is 9.97 Å². The number of para-hydroxylation sites is 1. The van der Waals surface area contributed by atoms with Gasteiger partial charge in [-0.3, -0.25) is 0 Å². The molecule has 0 saturated carbocycles. The number of hydrogen-bond acceptors (Lipinski definition) is 3. The Morgan fingerprint density at radius 2 is 2.06 bits per heavy atom. The van der Waals surface area contributed by atoms with E-state index in [-0.39, 0.29) is 0 Å². The first-order valence-corrected chi connectivity index (χ1v) is 5.82. The van der Waals surface area contributed by atoms with Crippen LogP contribution in [0, 0.1) is 13.8 Å². The maximum atomic E-state index is 6.13. The maximum absolute atomic E-state index is 6.13. The minimum absolute atomic E-state index is 0.647. The summed E-state index contributed by atoms with van der Waals surface area (Å²) in [5, 5.41) is 4.03. The minimum atomic E-state index is 0.647. The molecule has 0 spiro atoms. The molecule has 4 heteroatoms. The molecule has 3 nitrogen and oxygen atoms in total. The first kappa shape index (κ1) is 11.9. The van der Waals surface area contributed by atoms with E-state index in [1.165, 1.54) is 0 Å². The number of nitrogens with one attached hydrogen (secondary N) is 1. The topological polar surface area (TPSA) is 37.8 Å². The van der Waals surface area contributed by atoms with Gasteiger partial charge in [0, 0.05) is 6.20 Å². The Hall–Kier alpha value is -1.61. The highest BCUT2D eigenvalue weighted by atomic mass is 35.5. The highest BCUT2D eigenvalue weighted by Gasteiger charge is 2.03. The fourth-order valence-corrected chi connectivity index (χ4v) is 1.93. The Bertz CT molecular complexity index is 506. The van der Waals surface area contributed by atoms with Crippen molar-refractivity contribution in [3.8, 4) is 0 Å². The zero-order valence-corrected chi connectivity index (χ0v) is 10.6. The average molecular weight is 248 g/mol. The maximum Gasteiger partial charge on any atom is 0.125 e. The van der Waals surface area contributed by atoms with Crippen LogP contribution in [0.5, 0.6) is 0 Å². The molecule has 17 heavy (non-hydrogen) atoms. The Kier molecular flexibility index (Phi) is 3.59. The van der Waals surface area contributed by atoms with Crippen LogP contribution in [0.1, 0.15) is 17.1 Å². The second-order valence-corrected chi connectivity index (χ2v) is 4.29. The van der Waals surface area contributed by atoms with Gasteiger partial charge >= 0.3 is 0 Å². The van der Waals surface area contributed by atoms with Crippen LogP contribution in [0.3, 0.4) is 0 Å². The van der Waals surface area contributed by atoms with E-state index in [4.69, 9.17) is 11.6 Å². The third-order valence-electron chi connectivity index (χ3n) is 2.50. The van der Waals surface area contributed by atoms with E-state index in [0.717, 1.165) is 27.8 Å². The molecule has 0 saturated heterocycles. The van der Waals surface area contributed by atoms with E-state index in [2.05, 4.69) is 15.3 Å². The van der Waals surface area contributed by atoms with Crippen molar-refractivity contribution in [1.29, 1.82) is 0 Å². The molecule has 1 aromatic carbocycles. The molecule has 0 aliphatic carbocycles. The van der Waals surface area contributed by atoms with E-state index in [0.29, 0.717) is 6.54 Å². The summed E-state index contributed by atoms with van der Waals surface area (Å²) < 4.78 is 0. The smallest absolute Gasteiger partial charge is 0.125 e. The normalized spacial score (nSPS) is 10.3. The van der Waals surface area contributed by atoms with Crippen molar-refractivity contribution < 1.29 is 0 Å². The highest BCUT2D eigenvalue weighted by molar-refractivity contribution is 6.33. The first-order valence-electron chi connectivity index (χ1n) is 5.44. The number of aryl methyl sites for hydroxylation is 2. The summed E-state index contributed by atoms with van der Waals surface area (Å²) in [5.41, 5.74) is 3.05. The lowest BCUT2D eigenvalue weighted by Gasteiger charge is -2.11. The third-order valence-corrected chi connectivity index (χ3v) is 2.82. The summed E-state index contributed by atoms with van der Waals surface area (Å²) in [5.74, 6) is 0.778. The van der Waals surface area contributed by atoms with Crippen LogP contribution >= 0.6 is 11.6 Å². The zero-order chi connectivity index (χ0) is 12.3. The number of aromatic nitrogens is 2. The van der Waals surface area contributed by atoms with E-state index in [9.17, 15) is 0 Å². The van der Waals surface area contributed by atoms with Crippen molar-refractivity contribution in [2.24, 2.45) is 0 Å². The van der Waals surface area contributed by atoms with Crippen LogP contribution in [0.15, 0.2) is 30.5 Å². The molecule has 0 fully saturated rings. The molecule has 0 radical (unpaired) electrons. The highest BCUT2D eigenvalue weighted by Crippen LogP contribution is 2.25. The Morgan fingerprint density at radius 1 is 1.24 bits per heavy atom. The summed E-state index contributed by atoms with van der Waals surface area (Å²) in [6.45, 7) is 4.55. The van der Waals surface area contributed by atoms with E-state index >= 15 is 0 Å². The van der Waals surface area contributed by atoms with Gasteiger partial charge in [0.15, 0.2) is 0 Å². The molecular formula is C13H14ClN3. The summed E-state index contributed by atoms with van der Waals surface area (Å²) in [4.78, 5) is 8.40. The van der Waals surface area contributed by atoms with Crippen LogP contribution in [0.2, 0.25) is 5.02 Å². The van der Waals surface area contributed by atoms with Crippen molar-refractivity contribution in [2.75, 3.05) is 5.32 Å². The second-order valence-electron chi connectivity index (χ2n) is 3.88. The molecule has 88 valence electrons. The summed E-state index contributed by atoms with van der Waals surface area (Å²) in [6, 6.07) is 7.74. The van der Waals surface area contributed by atoms with E-state index in [1.807, 2.05) is 38.1 Å². The monoisotopic (exact) mass is 247 g/mol. The van der Waals surface area contributed by atoms with Crippen LogP contribution < -0.4 is 5.32 Å². The number of halogens is 1. The molecule has 0 aliphatic rings. The number of benzene rings is 1. The molecule has 0 atom stereocenters. The van der Waals surface area contributed by atoms with E-state index in [1.54, 1.807) is 6.20 Å². The standard InChI is InChI=1S/C13H14ClN3/c1-9-4-3-5-12(14)13(9)16-8-11-6-7-15-10(2)17-11/h3-7,16H,8H2,1-2H3. The number of anilines is 1. The van der Waals surface area contributed by atoms with Gasteiger partial charge in [0.05, 0.1) is 22.9 Å². The molecule has 0 unspecified atom stereocenters. The number of hydrogen-bond donors (Lipinski definition) is 1. The van der Waals surface area contributed by atoms with Gasteiger partial charge in [-0.05, 0) is 31.5 Å². The summed E-state index contributed by atoms with van der Waals surface area (Å²) >= 11 is 6.13. The van der Waals surface area contributed by atoms with E-state index < -0.39 is 0 Å². The number of nitrogens with zero attached hydrogens (tertiary/aromatic N) is 2. The molecule has 0 amide bonds.